The van der Waals surface area contributed by atoms with Gasteiger partial charge < -0.3 is 0 Å². The molecule has 0 bridgehead atoms. The maximum absolute atomic E-state index is 10.6. The number of benzene rings is 1. The van der Waals surface area contributed by atoms with Crippen molar-refractivity contribution in [3.05, 3.63) is 65.8 Å². The Bertz CT molecular complexity index is 526. The summed E-state index contributed by atoms with van der Waals surface area (Å²) in [7, 11) is 0. The van der Waals surface area contributed by atoms with E-state index in [9.17, 15) is 4.79 Å². The summed E-state index contributed by atoms with van der Waals surface area (Å²) in [5.41, 5.74) is 6.05. The van der Waals surface area contributed by atoms with Crippen molar-refractivity contribution in [2.75, 3.05) is 5.75 Å². The average molecular weight is 256 g/mol. The Hall–Kier alpha value is -1.54. The van der Waals surface area contributed by atoms with E-state index in [1.54, 1.807) is 0 Å². The Labute approximate surface area is 112 Å². The molecule has 0 heterocycles. The molecule has 1 aliphatic rings. The van der Waals surface area contributed by atoms with E-state index < -0.39 is 0 Å². The van der Waals surface area contributed by atoms with Gasteiger partial charge in [-0.15, -0.1) is 0 Å². The van der Waals surface area contributed by atoms with Crippen molar-refractivity contribution in [1.82, 2.24) is 0 Å². The van der Waals surface area contributed by atoms with Gasteiger partial charge in [-0.2, -0.15) is 0 Å². The molecule has 2 heteroatoms. The number of carbonyl (C=O) groups is 1. The van der Waals surface area contributed by atoms with Crippen LogP contribution in [0, 0.1) is 0 Å². The number of rotatable bonds is 4. The molecule has 1 nitrogen and oxygen atoms in total. The van der Waals surface area contributed by atoms with E-state index in [1.165, 1.54) is 34.0 Å². The Balaban J connectivity index is 2.51. The van der Waals surface area contributed by atoms with Crippen LogP contribution in [0.25, 0.3) is 5.57 Å². The van der Waals surface area contributed by atoms with E-state index in [4.69, 9.17) is 0 Å². The van der Waals surface area contributed by atoms with Gasteiger partial charge in [0, 0.05) is 11.7 Å². The van der Waals surface area contributed by atoms with Gasteiger partial charge in [0.15, 0.2) is 5.62 Å². The van der Waals surface area contributed by atoms with E-state index in [-0.39, 0.29) is 0 Å². The van der Waals surface area contributed by atoms with E-state index >= 15 is 0 Å². The topological polar surface area (TPSA) is 17.1 Å². The number of carbonyl (C=O) groups excluding carboxylic acids is 1. The van der Waals surface area contributed by atoms with Gasteiger partial charge in [0.25, 0.3) is 0 Å². The fourth-order valence-corrected chi connectivity index (χ4v) is 3.16. The first-order chi connectivity index (χ1) is 8.83. The highest BCUT2D eigenvalue weighted by Crippen LogP contribution is 2.46. The molecule has 1 aromatic carbocycles. The van der Waals surface area contributed by atoms with Crippen molar-refractivity contribution in [3.8, 4) is 0 Å². The Morgan fingerprint density at radius 1 is 1.39 bits per heavy atom. The minimum Gasteiger partial charge on any atom is -0.291 e. The lowest BCUT2D eigenvalue weighted by molar-refractivity contribution is 0.570. The van der Waals surface area contributed by atoms with Crippen LogP contribution in [-0.4, -0.2) is 11.4 Å². The fraction of sp³-hybridized carbons (Fsp3) is 0.188. The average Bonchev–Trinajstić information content (AvgIpc) is 2.70. The van der Waals surface area contributed by atoms with E-state index in [1.807, 2.05) is 6.08 Å². The first kappa shape index (κ1) is 12.9. The quantitative estimate of drug-likeness (QED) is 0.750. The lowest BCUT2D eigenvalue weighted by Gasteiger charge is -2.11. The standard InChI is InChI=1S/C16H16OS/c1-3-7-13-12(4-2)14-8-5-6-9-15(14)16(13)10-18-11-17/h3-9,11,16H,1,10H2,2H3/b12-4+,13-7?. The maximum atomic E-state index is 10.6. The van der Waals surface area contributed by atoms with Crippen LogP contribution in [0.4, 0.5) is 0 Å². The Kier molecular flexibility index (Phi) is 4.21. The molecule has 0 aliphatic heterocycles. The van der Waals surface area contributed by atoms with Crippen molar-refractivity contribution in [1.29, 1.82) is 0 Å². The molecule has 2 rings (SSSR count). The lowest BCUT2D eigenvalue weighted by Crippen LogP contribution is -1.99. The van der Waals surface area contributed by atoms with Gasteiger partial charge in [0.05, 0.1) is 0 Å². The maximum Gasteiger partial charge on any atom is 0.176 e. The molecule has 0 saturated heterocycles. The normalized spacial score (nSPS) is 22.2. The third-order valence-electron chi connectivity index (χ3n) is 3.23. The predicted octanol–water partition coefficient (Wildman–Crippen LogP) is 4.22. The Morgan fingerprint density at radius 3 is 2.83 bits per heavy atom. The molecule has 92 valence electrons. The zero-order valence-corrected chi connectivity index (χ0v) is 11.2. The second kappa shape index (κ2) is 5.87. The van der Waals surface area contributed by atoms with E-state index in [0.29, 0.717) is 5.92 Å². The van der Waals surface area contributed by atoms with Gasteiger partial charge in [0.2, 0.25) is 0 Å². The van der Waals surface area contributed by atoms with Gasteiger partial charge >= 0.3 is 0 Å². The highest BCUT2D eigenvalue weighted by atomic mass is 32.2. The molecule has 1 aliphatic carbocycles. The van der Waals surface area contributed by atoms with Crippen LogP contribution in [-0.2, 0) is 4.79 Å². The van der Waals surface area contributed by atoms with Crippen LogP contribution < -0.4 is 0 Å². The molecule has 18 heavy (non-hydrogen) atoms. The van der Waals surface area contributed by atoms with E-state index in [0.717, 1.165) is 11.4 Å². The molecule has 0 aromatic heterocycles. The SMILES string of the molecule is C=CC=C1/C(=C\C)c2ccccc2C1CSC=O. The number of hydrogen-bond acceptors (Lipinski definition) is 2. The highest BCUT2D eigenvalue weighted by molar-refractivity contribution is 8.11. The van der Waals surface area contributed by atoms with Gasteiger partial charge in [0.1, 0.15) is 0 Å². The van der Waals surface area contributed by atoms with Gasteiger partial charge in [-0.25, -0.2) is 0 Å². The second-order valence-corrected chi connectivity index (χ2v) is 4.99. The molecule has 0 fully saturated rings. The van der Waals surface area contributed by atoms with Crippen LogP contribution in [0.5, 0.6) is 0 Å². The molecule has 0 saturated carbocycles. The summed E-state index contributed by atoms with van der Waals surface area (Å²) in [6.45, 7) is 5.84. The zero-order valence-electron chi connectivity index (χ0n) is 10.4. The monoisotopic (exact) mass is 256 g/mol. The lowest BCUT2D eigenvalue weighted by atomic mass is 9.98. The summed E-state index contributed by atoms with van der Waals surface area (Å²) in [4.78, 5) is 10.6. The largest absolute Gasteiger partial charge is 0.291 e. The minimum atomic E-state index is 0.292. The first-order valence-electron chi connectivity index (χ1n) is 5.97. The van der Waals surface area contributed by atoms with Crippen LogP contribution in [0.1, 0.15) is 24.0 Å². The third kappa shape index (κ3) is 2.21. The Morgan fingerprint density at radius 2 is 2.17 bits per heavy atom. The van der Waals surface area contributed by atoms with Gasteiger partial charge in [-0.3, -0.25) is 4.79 Å². The number of hydrogen-bond donors (Lipinski definition) is 0. The number of fused-ring (bicyclic) bond motifs is 1. The molecule has 0 N–H and O–H groups in total. The van der Waals surface area contributed by atoms with Crippen molar-refractivity contribution < 1.29 is 4.79 Å². The van der Waals surface area contributed by atoms with E-state index in [2.05, 4.69) is 49.9 Å². The molecular formula is C16H16OS. The summed E-state index contributed by atoms with van der Waals surface area (Å²) in [6, 6.07) is 8.41. The molecule has 0 amide bonds. The summed E-state index contributed by atoms with van der Waals surface area (Å²) in [6.07, 6.45) is 6.02. The minimum absolute atomic E-state index is 0.292. The van der Waals surface area contributed by atoms with Crippen LogP contribution in [0.3, 0.4) is 0 Å². The fourth-order valence-electron chi connectivity index (χ4n) is 2.53. The van der Waals surface area contributed by atoms with Gasteiger partial charge in [-0.1, -0.05) is 60.8 Å². The summed E-state index contributed by atoms with van der Waals surface area (Å²) in [5.74, 6) is 1.08. The van der Waals surface area contributed by atoms with Crippen LogP contribution in [0.15, 0.2) is 54.6 Å². The smallest absolute Gasteiger partial charge is 0.176 e. The van der Waals surface area contributed by atoms with Crippen LogP contribution in [0.2, 0.25) is 0 Å². The van der Waals surface area contributed by atoms with Gasteiger partial charge in [-0.05, 0) is 29.2 Å². The summed E-state index contributed by atoms with van der Waals surface area (Å²) in [5, 5.41) is 0. The molecule has 1 unspecified atom stereocenters. The first-order valence-corrected chi connectivity index (χ1v) is 7.02. The molecular weight excluding hydrogens is 240 g/mol. The summed E-state index contributed by atoms with van der Waals surface area (Å²) >= 11 is 1.33. The zero-order chi connectivity index (χ0) is 13.0. The second-order valence-electron chi connectivity index (χ2n) is 4.13. The van der Waals surface area contributed by atoms with Crippen molar-refractivity contribution in [2.45, 2.75) is 12.8 Å². The van der Waals surface area contributed by atoms with Crippen LogP contribution >= 0.6 is 11.8 Å². The molecule has 0 spiro atoms. The highest BCUT2D eigenvalue weighted by Gasteiger charge is 2.29. The summed E-state index contributed by atoms with van der Waals surface area (Å²) < 4.78 is 0. The third-order valence-corrected chi connectivity index (χ3v) is 3.89. The predicted molar refractivity (Wildman–Crippen MR) is 80.3 cm³/mol. The van der Waals surface area contributed by atoms with Crippen molar-refractivity contribution >= 4 is 23.0 Å². The van der Waals surface area contributed by atoms with Crippen molar-refractivity contribution in [3.63, 3.8) is 0 Å². The van der Waals surface area contributed by atoms with Crippen molar-refractivity contribution in [2.24, 2.45) is 0 Å². The molecule has 1 atom stereocenters. The molecule has 1 aromatic rings. The molecule has 0 radical (unpaired) electrons. The number of allylic oxidation sites excluding steroid dienone is 5. The number of thioether (sulfide) groups is 1.